The second-order valence-electron chi connectivity index (χ2n) is 5.79. The maximum absolute atomic E-state index is 12.4. The quantitative estimate of drug-likeness (QED) is 0.243. The summed E-state index contributed by atoms with van der Waals surface area (Å²) in [6.07, 6.45) is 11.0. The van der Waals surface area contributed by atoms with Crippen LogP contribution in [-0.4, -0.2) is 19.8 Å². The van der Waals surface area contributed by atoms with Crippen LogP contribution in [0.25, 0.3) is 0 Å². The topological polar surface area (TPSA) is 44.8 Å². The van der Waals surface area contributed by atoms with Crippen molar-refractivity contribution in [3.8, 4) is 0 Å². The zero-order valence-corrected chi connectivity index (χ0v) is 16.0. The molecule has 134 valence electrons. The fourth-order valence-corrected chi connectivity index (χ4v) is 3.73. The Balaban J connectivity index is 4.29. The molecule has 0 aromatic carbocycles. The molecule has 0 amide bonds. The molecule has 5 heteroatoms. The molecule has 0 spiro atoms. The first-order valence-electron chi connectivity index (χ1n) is 9.15. The molecule has 0 aliphatic heterocycles. The summed E-state index contributed by atoms with van der Waals surface area (Å²) in [5.41, 5.74) is 0. The molecule has 0 aliphatic rings. The molecule has 0 rings (SSSR count). The highest BCUT2D eigenvalue weighted by Crippen LogP contribution is 2.49. The first kappa shape index (κ1) is 22.1. The molecule has 0 heterocycles. The van der Waals surface area contributed by atoms with Crippen LogP contribution in [0.2, 0.25) is 0 Å². The molecule has 22 heavy (non-hydrogen) atoms. The summed E-state index contributed by atoms with van der Waals surface area (Å²) in [6, 6.07) is 0. The van der Waals surface area contributed by atoms with Crippen molar-refractivity contribution in [2.24, 2.45) is 5.92 Å². The van der Waals surface area contributed by atoms with Crippen molar-refractivity contribution in [3.63, 3.8) is 0 Å². The Kier molecular flexibility index (Phi) is 14.8. The van der Waals surface area contributed by atoms with E-state index in [0.717, 1.165) is 12.8 Å². The number of unbranched alkanes of at least 4 members (excludes halogenated alkanes) is 5. The maximum atomic E-state index is 12.4. The van der Waals surface area contributed by atoms with Crippen molar-refractivity contribution in [1.29, 1.82) is 0 Å². The Labute approximate surface area is 137 Å². The molecule has 1 unspecified atom stereocenters. The van der Waals surface area contributed by atoms with Crippen LogP contribution < -0.4 is 0 Å². The Bertz CT molecular complexity index is 274. The summed E-state index contributed by atoms with van der Waals surface area (Å²) in [7, 11) is -3.36. The summed E-state index contributed by atoms with van der Waals surface area (Å²) in [5, 5.41) is 0. The smallest absolute Gasteiger partial charge is 0.287 e. The monoisotopic (exact) mass is 336 g/mol. The van der Waals surface area contributed by atoms with Gasteiger partial charge in [-0.2, -0.15) is 0 Å². The van der Waals surface area contributed by atoms with Crippen molar-refractivity contribution in [2.75, 3.05) is 19.8 Å². The molecular formula is C17H37O4P. The van der Waals surface area contributed by atoms with Gasteiger partial charge in [0.1, 0.15) is 0 Å². The molecule has 4 nitrogen and oxygen atoms in total. The van der Waals surface area contributed by atoms with Crippen LogP contribution in [0.1, 0.15) is 85.5 Å². The summed E-state index contributed by atoms with van der Waals surface area (Å²) >= 11 is 0. The number of phosphoric acid groups is 1. The first-order chi connectivity index (χ1) is 10.6. The Morgan fingerprint density at radius 2 is 1.23 bits per heavy atom. The Morgan fingerprint density at radius 3 is 1.73 bits per heavy atom. The highest BCUT2D eigenvalue weighted by molar-refractivity contribution is 7.48. The van der Waals surface area contributed by atoms with Gasteiger partial charge in [0.2, 0.25) is 0 Å². The maximum Gasteiger partial charge on any atom is 0.474 e. The predicted octanol–water partition coefficient (Wildman–Crippen LogP) is 6.35. The van der Waals surface area contributed by atoms with E-state index >= 15 is 0 Å². The van der Waals surface area contributed by atoms with Crippen LogP contribution in [0.4, 0.5) is 0 Å². The lowest BCUT2D eigenvalue weighted by molar-refractivity contribution is 0.102. The van der Waals surface area contributed by atoms with Crippen molar-refractivity contribution < 1.29 is 18.1 Å². The third kappa shape index (κ3) is 11.6. The second-order valence-corrected chi connectivity index (χ2v) is 7.46. The fourth-order valence-electron chi connectivity index (χ4n) is 2.48. The fraction of sp³-hybridized carbons (Fsp3) is 1.00. The third-order valence-electron chi connectivity index (χ3n) is 3.72. The van der Waals surface area contributed by atoms with Gasteiger partial charge in [-0.25, -0.2) is 4.57 Å². The Morgan fingerprint density at radius 1 is 0.727 bits per heavy atom. The summed E-state index contributed by atoms with van der Waals surface area (Å²) in [4.78, 5) is 0. The summed E-state index contributed by atoms with van der Waals surface area (Å²) < 4.78 is 28.3. The zero-order chi connectivity index (χ0) is 16.7. The molecule has 1 atom stereocenters. The van der Waals surface area contributed by atoms with Gasteiger partial charge in [0.15, 0.2) is 0 Å². The Hall–Kier alpha value is 0.110. The van der Waals surface area contributed by atoms with Crippen LogP contribution >= 0.6 is 7.82 Å². The van der Waals surface area contributed by atoms with E-state index in [4.69, 9.17) is 13.6 Å². The van der Waals surface area contributed by atoms with Crippen molar-refractivity contribution in [3.05, 3.63) is 0 Å². The van der Waals surface area contributed by atoms with Gasteiger partial charge in [-0.15, -0.1) is 0 Å². The van der Waals surface area contributed by atoms with Gasteiger partial charge in [-0.1, -0.05) is 58.8 Å². The van der Waals surface area contributed by atoms with E-state index in [9.17, 15) is 4.57 Å². The van der Waals surface area contributed by atoms with E-state index in [-0.39, 0.29) is 0 Å². The molecule has 0 fully saturated rings. The number of hydrogen-bond acceptors (Lipinski definition) is 4. The second kappa shape index (κ2) is 14.7. The lowest BCUT2D eigenvalue weighted by Crippen LogP contribution is -2.11. The van der Waals surface area contributed by atoms with Crippen LogP contribution in [0.15, 0.2) is 0 Å². The first-order valence-corrected chi connectivity index (χ1v) is 10.6. The molecule has 0 bridgehead atoms. The highest BCUT2D eigenvalue weighted by Gasteiger charge is 2.26. The minimum atomic E-state index is -3.36. The molecule has 0 saturated carbocycles. The summed E-state index contributed by atoms with van der Waals surface area (Å²) in [5.74, 6) is 0.456. The average Bonchev–Trinajstić information content (AvgIpc) is 2.49. The minimum absolute atomic E-state index is 0.342. The average molecular weight is 336 g/mol. The van der Waals surface area contributed by atoms with Gasteiger partial charge in [-0.3, -0.25) is 13.6 Å². The van der Waals surface area contributed by atoms with Gasteiger partial charge in [0.25, 0.3) is 0 Å². The standard InChI is InChI=1S/C17H37O4P/c1-5-9-11-13-15-17(14-12-10-6-2)16-21-22(18,19-7-3)20-8-4/h17H,5-16H2,1-4H3. The van der Waals surface area contributed by atoms with Crippen molar-refractivity contribution in [1.82, 2.24) is 0 Å². The number of phosphoric ester groups is 1. The van der Waals surface area contributed by atoms with Crippen molar-refractivity contribution in [2.45, 2.75) is 85.5 Å². The van der Waals surface area contributed by atoms with E-state index in [1.807, 2.05) is 0 Å². The van der Waals surface area contributed by atoms with Crippen LogP contribution in [0, 0.1) is 5.92 Å². The van der Waals surface area contributed by atoms with Gasteiger partial charge < -0.3 is 0 Å². The normalized spacial score (nSPS) is 13.5. The third-order valence-corrected chi connectivity index (χ3v) is 5.34. The van der Waals surface area contributed by atoms with E-state index < -0.39 is 7.82 Å². The number of hydrogen-bond donors (Lipinski definition) is 0. The highest BCUT2D eigenvalue weighted by atomic mass is 31.2. The molecular weight excluding hydrogens is 299 g/mol. The molecule has 0 aromatic rings. The molecule has 0 radical (unpaired) electrons. The van der Waals surface area contributed by atoms with Gasteiger partial charge in [0, 0.05) is 0 Å². The SMILES string of the molecule is CCCCCCC(CCCCC)COP(=O)(OCC)OCC. The lowest BCUT2D eigenvalue weighted by atomic mass is 9.95. The van der Waals surface area contributed by atoms with Gasteiger partial charge >= 0.3 is 7.82 Å². The van der Waals surface area contributed by atoms with Crippen LogP contribution in [-0.2, 0) is 18.1 Å². The summed E-state index contributed by atoms with van der Waals surface area (Å²) in [6.45, 7) is 9.21. The largest absolute Gasteiger partial charge is 0.474 e. The van der Waals surface area contributed by atoms with E-state index in [1.165, 1.54) is 44.9 Å². The molecule has 0 saturated heterocycles. The molecule has 0 aliphatic carbocycles. The lowest BCUT2D eigenvalue weighted by Gasteiger charge is -2.21. The molecule has 0 aromatic heterocycles. The zero-order valence-electron chi connectivity index (χ0n) is 15.1. The van der Waals surface area contributed by atoms with Gasteiger partial charge in [0.05, 0.1) is 19.8 Å². The minimum Gasteiger partial charge on any atom is -0.287 e. The number of rotatable bonds is 16. The van der Waals surface area contributed by atoms with Gasteiger partial charge in [-0.05, 0) is 32.6 Å². The van der Waals surface area contributed by atoms with Crippen LogP contribution in [0.5, 0.6) is 0 Å². The van der Waals surface area contributed by atoms with Crippen molar-refractivity contribution >= 4 is 7.82 Å². The van der Waals surface area contributed by atoms with Crippen LogP contribution in [0.3, 0.4) is 0 Å². The van der Waals surface area contributed by atoms with E-state index in [0.29, 0.717) is 25.7 Å². The predicted molar refractivity (Wildman–Crippen MR) is 93.2 cm³/mol. The molecule has 0 N–H and O–H groups in total. The van der Waals surface area contributed by atoms with E-state index in [1.54, 1.807) is 13.8 Å². The van der Waals surface area contributed by atoms with E-state index in [2.05, 4.69) is 13.8 Å².